The highest BCUT2D eigenvalue weighted by Crippen LogP contribution is 2.33. The second-order valence-electron chi connectivity index (χ2n) is 6.56. The molecule has 1 aliphatic rings. The summed E-state index contributed by atoms with van der Waals surface area (Å²) in [6.07, 6.45) is 4.67. The second kappa shape index (κ2) is 8.09. The molecule has 0 heterocycles. The van der Waals surface area contributed by atoms with Gasteiger partial charge in [-0.1, -0.05) is 31.0 Å². The SMILES string of the molecule is CN(C)C1(CNC(=O)CCNS(=O)(=O)c2ccccc2)CCCC1. The van der Waals surface area contributed by atoms with Crippen LogP contribution < -0.4 is 10.0 Å². The minimum Gasteiger partial charge on any atom is -0.354 e. The minimum atomic E-state index is -3.55. The normalized spacial score (nSPS) is 17.1. The maximum atomic E-state index is 12.1. The van der Waals surface area contributed by atoms with E-state index in [-0.39, 0.29) is 29.3 Å². The van der Waals surface area contributed by atoms with E-state index in [9.17, 15) is 13.2 Å². The van der Waals surface area contributed by atoms with E-state index < -0.39 is 10.0 Å². The molecular weight excluding hydrogens is 326 g/mol. The number of rotatable bonds is 8. The van der Waals surface area contributed by atoms with Crippen LogP contribution in [0.2, 0.25) is 0 Å². The fourth-order valence-corrected chi connectivity index (χ4v) is 4.20. The Morgan fingerprint density at radius 3 is 2.38 bits per heavy atom. The molecule has 1 fully saturated rings. The number of likely N-dealkylation sites (N-methyl/N-ethyl adjacent to an activating group) is 1. The quantitative estimate of drug-likeness (QED) is 0.739. The Morgan fingerprint density at radius 1 is 1.17 bits per heavy atom. The summed E-state index contributed by atoms with van der Waals surface area (Å²) in [6.45, 7) is 0.711. The molecule has 24 heavy (non-hydrogen) atoms. The molecule has 2 rings (SSSR count). The predicted molar refractivity (Wildman–Crippen MR) is 94.1 cm³/mol. The lowest BCUT2D eigenvalue weighted by molar-refractivity contribution is -0.121. The highest BCUT2D eigenvalue weighted by molar-refractivity contribution is 7.89. The smallest absolute Gasteiger partial charge is 0.240 e. The molecule has 1 aliphatic carbocycles. The van der Waals surface area contributed by atoms with Gasteiger partial charge >= 0.3 is 0 Å². The van der Waals surface area contributed by atoms with Crippen molar-refractivity contribution in [2.75, 3.05) is 27.2 Å². The fourth-order valence-electron chi connectivity index (χ4n) is 3.15. The molecule has 0 unspecified atom stereocenters. The van der Waals surface area contributed by atoms with Gasteiger partial charge in [0.15, 0.2) is 0 Å². The summed E-state index contributed by atoms with van der Waals surface area (Å²) in [4.78, 5) is 14.4. The van der Waals surface area contributed by atoms with Gasteiger partial charge in [-0.15, -0.1) is 0 Å². The molecule has 0 bridgehead atoms. The van der Waals surface area contributed by atoms with Gasteiger partial charge in [0.1, 0.15) is 0 Å². The van der Waals surface area contributed by atoms with Crippen molar-refractivity contribution in [1.29, 1.82) is 0 Å². The van der Waals surface area contributed by atoms with Gasteiger partial charge in [-0.2, -0.15) is 0 Å². The highest BCUT2D eigenvalue weighted by atomic mass is 32.2. The molecule has 1 amide bonds. The zero-order valence-corrected chi connectivity index (χ0v) is 15.2. The summed E-state index contributed by atoms with van der Waals surface area (Å²) >= 11 is 0. The van der Waals surface area contributed by atoms with Gasteiger partial charge in [0.2, 0.25) is 15.9 Å². The van der Waals surface area contributed by atoms with Gasteiger partial charge in [0.25, 0.3) is 0 Å². The van der Waals surface area contributed by atoms with E-state index in [0.29, 0.717) is 6.54 Å². The van der Waals surface area contributed by atoms with Crippen molar-refractivity contribution in [3.8, 4) is 0 Å². The second-order valence-corrected chi connectivity index (χ2v) is 8.33. The van der Waals surface area contributed by atoms with Crippen molar-refractivity contribution in [3.05, 3.63) is 30.3 Å². The molecular formula is C17H27N3O3S. The zero-order valence-electron chi connectivity index (χ0n) is 14.4. The van der Waals surface area contributed by atoms with Gasteiger partial charge in [-0.25, -0.2) is 13.1 Å². The van der Waals surface area contributed by atoms with E-state index in [1.54, 1.807) is 18.2 Å². The number of nitrogens with zero attached hydrogens (tertiary/aromatic N) is 1. The van der Waals surface area contributed by atoms with Gasteiger partial charge in [-0.3, -0.25) is 4.79 Å². The Balaban J connectivity index is 1.77. The van der Waals surface area contributed by atoms with Crippen LogP contribution in [0.3, 0.4) is 0 Å². The summed E-state index contributed by atoms with van der Waals surface area (Å²) in [5, 5.41) is 2.96. The molecule has 2 N–H and O–H groups in total. The number of carbonyl (C=O) groups is 1. The standard InChI is InChI=1S/C17H27N3O3S/c1-20(2)17(11-6-7-12-17)14-18-16(21)10-13-19-24(22,23)15-8-4-3-5-9-15/h3-5,8-9,19H,6-7,10-14H2,1-2H3,(H,18,21). The van der Waals surface area contributed by atoms with E-state index in [1.807, 2.05) is 14.1 Å². The maximum Gasteiger partial charge on any atom is 0.240 e. The number of nitrogens with one attached hydrogen (secondary N) is 2. The Labute approximate surface area is 144 Å². The Bertz CT molecular complexity index is 638. The van der Waals surface area contributed by atoms with Crippen molar-refractivity contribution in [2.45, 2.75) is 42.5 Å². The largest absolute Gasteiger partial charge is 0.354 e. The van der Waals surface area contributed by atoms with Crippen LogP contribution in [0.4, 0.5) is 0 Å². The van der Waals surface area contributed by atoms with Crippen LogP contribution >= 0.6 is 0 Å². The molecule has 0 saturated heterocycles. The summed E-state index contributed by atoms with van der Waals surface area (Å²) < 4.78 is 26.6. The van der Waals surface area contributed by atoms with Crippen LogP contribution in [-0.4, -0.2) is 51.9 Å². The number of hydrogen-bond donors (Lipinski definition) is 2. The molecule has 1 aromatic rings. The third-order valence-corrected chi connectivity index (χ3v) is 6.27. The Hall–Kier alpha value is -1.44. The summed E-state index contributed by atoms with van der Waals surface area (Å²) in [7, 11) is 0.544. The topological polar surface area (TPSA) is 78.5 Å². The molecule has 0 atom stereocenters. The van der Waals surface area contributed by atoms with Crippen molar-refractivity contribution in [1.82, 2.24) is 14.9 Å². The zero-order chi connectivity index (χ0) is 17.6. The summed E-state index contributed by atoms with van der Waals surface area (Å²) in [5.74, 6) is -0.126. The van der Waals surface area contributed by atoms with Gasteiger partial charge in [-0.05, 0) is 39.1 Å². The van der Waals surface area contributed by atoms with Gasteiger partial charge in [0.05, 0.1) is 4.90 Å². The number of benzene rings is 1. The lowest BCUT2D eigenvalue weighted by Gasteiger charge is -2.36. The van der Waals surface area contributed by atoms with Crippen LogP contribution in [0.5, 0.6) is 0 Å². The fraction of sp³-hybridized carbons (Fsp3) is 0.588. The molecule has 7 heteroatoms. The van der Waals surface area contributed by atoms with E-state index in [1.165, 1.54) is 25.0 Å². The average Bonchev–Trinajstić information content (AvgIpc) is 3.04. The van der Waals surface area contributed by atoms with E-state index in [2.05, 4.69) is 14.9 Å². The molecule has 6 nitrogen and oxygen atoms in total. The van der Waals surface area contributed by atoms with E-state index >= 15 is 0 Å². The van der Waals surface area contributed by atoms with Crippen LogP contribution in [0.1, 0.15) is 32.1 Å². The first-order chi connectivity index (χ1) is 11.4. The van der Waals surface area contributed by atoms with Gasteiger partial charge in [0, 0.05) is 25.0 Å². The molecule has 134 valence electrons. The number of hydrogen-bond acceptors (Lipinski definition) is 4. The van der Waals surface area contributed by atoms with Crippen LogP contribution in [-0.2, 0) is 14.8 Å². The van der Waals surface area contributed by atoms with Crippen molar-refractivity contribution in [2.24, 2.45) is 0 Å². The third-order valence-electron chi connectivity index (χ3n) is 4.80. The van der Waals surface area contributed by atoms with Crippen molar-refractivity contribution >= 4 is 15.9 Å². The lowest BCUT2D eigenvalue weighted by Crippen LogP contribution is -2.51. The van der Waals surface area contributed by atoms with E-state index in [4.69, 9.17) is 0 Å². The average molecular weight is 353 g/mol. The first-order valence-corrected chi connectivity index (χ1v) is 9.83. The molecule has 0 aliphatic heterocycles. The molecule has 0 spiro atoms. The first kappa shape index (κ1) is 18.9. The summed E-state index contributed by atoms with van der Waals surface area (Å²) in [6, 6.07) is 8.16. The van der Waals surface area contributed by atoms with Crippen molar-refractivity contribution < 1.29 is 13.2 Å². The third kappa shape index (κ3) is 4.78. The molecule has 0 radical (unpaired) electrons. The number of amides is 1. The maximum absolute atomic E-state index is 12.1. The predicted octanol–water partition coefficient (Wildman–Crippen LogP) is 1.35. The molecule has 0 aromatic heterocycles. The van der Waals surface area contributed by atoms with Crippen LogP contribution in [0, 0.1) is 0 Å². The number of carbonyl (C=O) groups excluding carboxylic acids is 1. The van der Waals surface area contributed by atoms with E-state index in [0.717, 1.165) is 12.8 Å². The van der Waals surface area contributed by atoms with Crippen LogP contribution in [0.15, 0.2) is 35.2 Å². The van der Waals surface area contributed by atoms with Gasteiger partial charge < -0.3 is 10.2 Å². The first-order valence-electron chi connectivity index (χ1n) is 8.35. The Kier molecular flexibility index (Phi) is 6.37. The summed E-state index contributed by atoms with van der Waals surface area (Å²) in [5.41, 5.74) is 0.0409. The molecule has 1 saturated carbocycles. The van der Waals surface area contributed by atoms with Crippen molar-refractivity contribution in [3.63, 3.8) is 0 Å². The Morgan fingerprint density at radius 2 is 1.79 bits per heavy atom. The highest BCUT2D eigenvalue weighted by Gasteiger charge is 2.36. The lowest BCUT2D eigenvalue weighted by atomic mass is 9.96. The number of sulfonamides is 1. The molecule has 1 aromatic carbocycles. The monoisotopic (exact) mass is 353 g/mol. The van der Waals surface area contributed by atoms with Crippen LogP contribution in [0.25, 0.3) is 0 Å². The minimum absolute atomic E-state index is 0.0409.